The Labute approximate surface area is 199 Å². The van der Waals surface area contributed by atoms with Crippen LogP contribution in [-0.2, 0) is 4.79 Å². The number of carbonyl (C=O) groups excluding carboxylic acids is 1. The number of hydrogen-bond acceptors (Lipinski definition) is 2. The molecule has 0 saturated carbocycles. The average molecular weight is 456 g/mol. The minimum Gasteiger partial charge on any atom is -0.465 e. The Morgan fingerprint density at radius 1 is 0.912 bits per heavy atom. The lowest BCUT2D eigenvalue weighted by molar-refractivity contribution is -0.127. The van der Waals surface area contributed by atoms with Crippen LogP contribution in [-0.4, -0.2) is 34.2 Å². The van der Waals surface area contributed by atoms with Crippen molar-refractivity contribution in [2.75, 3.05) is 6.54 Å². The summed E-state index contributed by atoms with van der Waals surface area (Å²) in [7, 11) is 0. The molecule has 4 aromatic rings. The normalized spacial score (nSPS) is 13.9. The van der Waals surface area contributed by atoms with E-state index in [4.69, 9.17) is 0 Å². The average Bonchev–Trinajstić information content (AvgIpc) is 3.28. The van der Waals surface area contributed by atoms with E-state index in [-0.39, 0.29) is 11.8 Å². The number of fused-ring (bicyclic) bond motifs is 1. The molecule has 0 aliphatic rings. The zero-order valence-corrected chi connectivity index (χ0v) is 19.3. The Bertz CT molecular complexity index is 1230. The number of carbonyl (C=O) groups is 2. The van der Waals surface area contributed by atoms with E-state index in [1.807, 2.05) is 98.0 Å². The Morgan fingerprint density at radius 3 is 2.06 bits per heavy atom. The molecule has 2 amide bonds. The molecule has 0 aliphatic heterocycles. The van der Waals surface area contributed by atoms with E-state index in [0.29, 0.717) is 6.54 Å². The number of carboxylic acid groups (broad SMARTS) is 1. The molecule has 0 radical (unpaired) electrons. The van der Waals surface area contributed by atoms with Crippen molar-refractivity contribution < 1.29 is 14.7 Å². The zero-order chi connectivity index (χ0) is 24.1. The SMILES string of the molecule is CC(c1c[nH]c2ccccc12)C(C)(NC(=O)O)C(=O)NCC(c1ccccc1)c1ccccc1. The largest absolute Gasteiger partial charge is 0.465 e. The summed E-state index contributed by atoms with van der Waals surface area (Å²) < 4.78 is 0. The lowest BCUT2D eigenvalue weighted by Gasteiger charge is -2.34. The monoisotopic (exact) mass is 455 g/mol. The molecule has 6 nitrogen and oxygen atoms in total. The minimum atomic E-state index is -1.38. The van der Waals surface area contributed by atoms with E-state index < -0.39 is 17.6 Å². The Hall–Kier alpha value is -4.06. The highest BCUT2D eigenvalue weighted by molar-refractivity contribution is 5.92. The van der Waals surface area contributed by atoms with Crippen molar-refractivity contribution in [2.45, 2.75) is 31.2 Å². The highest BCUT2D eigenvalue weighted by Crippen LogP contribution is 2.34. The van der Waals surface area contributed by atoms with Crippen LogP contribution < -0.4 is 10.6 Å². The maximum Gasteiger partial charge on any atom is 0.405 e. The van der Waals surface area contributed by atoms with Crippen molar-refractivity contribution in [1.82, 2.24) is 15.6 Å². The number of hydrogen-bond donors (Lipinski definition) is 4. The first-order valence-electron chi connectivity index (χ1n) is 11.4. The van der Waals surface area contributed by atoms with E-state index in [1.165, 1.54) is 0 Å². The summed E-state index contributed by atoms with van der Waals surface area (Å²) in [6.07, 6.45) is 0.605. The summed E-state index contributed by atoms with van der Waals surface area (Å²) in [6.45, 7) is 3.85. The maximum absolute atomic E-state index is 13.6. The highest BCUT2D eigenvalue weighted by atomic mass is 16.4. The first-order chi connectivity index (χ1) is 16.4. The van der Waals surface area contributed by atoms with Crippen molar-refractivity contribution in [3.8, 4) is 0 Å². The summed E-state index contributed by atoms with van der Waals surface area (Å²) in [5, 5.41) is 16.1. The van der Waals surface area contributed by atoms with Gasteiger partial charge in [-0.05, 0) is 29.7 Å². The molecule has 4 N–H and O–H groups in total. The summed E-state index contributed by atoms with van der Waals surface area (Å²) in [4.78, 5) is 28.6. The van der Waals surface area contributed by atoms with Gasteiger partial charge in [0.1, 0.15) is 5.54 Å². The molecule has 174 valence electrons. The molecular weight excluding hydrogens is 426 g/mol. The lowest BCUT2D eigenvalue weighted by Crippen LogP contribution is -2.59. The van der Waals surface area contributed by atoms with Gasteiger partial charge in [-0.25, -0.2) is 4.79 Å². The lowest BCUT2D eigenvalue weighted by atomic mass is 9.80. The summed E-state index contributed by atoms with van der Waals surface area (Å²) in [5.74, 6) is -0.861. The van der Waals surface area contributed by atoms with Gasteiger partial charge in [0, 0.05) is 35.5 Å². The highest BCUT2D eigenvalue weighted by Gasteiger charge is 2.42. The summed E-state index contributed by atoms with van der Waals surface area (Å²) in [5.41, 5.74) is 2.59. The van der Waals surface area contributed by atoms with Crippen LogP contribution in [0.15, 0.2) is 91.1 Å². The second kappa shape index (κ2) is 9.83. The van der Waals surface area contributed by atoms with E-state index in [0.717, 1.165) is 27.6 Å². The third kappa shape index (κ3) is 4.66. The first-order valence-corrected chi connectivity index (χ1v) is 11.4. The maximum atomic E-state index is 13.6. The number of amides is 2. The van der Waals surface area contributed by atoms with Gasteiger partial charge in [0.25, 0.3) is 0 Å². The predicted molar refractivity (Wildman–Crippen MR) is 134 cm³/mol. The van der Waals surface area contributed by atoms with Crippen LogP contribution in [0.1, 0.15) is 42.4 Å². The summed E-state index contributed by atoms with van der Waals surface area (Å²) >= 11 is 0. The third-order valence-corrected chi connectivity index (χ3v) is 6.66. The molecule has 0 saturated heterocycles. The van der Waals surface area contributed by atoms with Crippen molar-refractivity contribution in [1.29, 1.82) is 0 Å². The molecule has 6 heteroatoms. The standard InChI is InChI=1S/C28H29N3O3/c1-19(23-17-29-25-16-10-9-15-22(23)25)28(2,31-27(33)34)26(32)30-18-24(20-11-5-3-6-12-20)21-13-7-4-8-14-21/h3-17,19,24,29,31H,18H2,1-2H3,(H,30,32)(H,33,34). The van der Waals surface area contributed by atoms with E-state index >= 15 is 0 Å². The van der Waals surface area contributed by atoms with Crippen LogP contribution >= 0.6 is 0 Å². The molecule has 2 unspecified atom stereocenters. The molecule has 0 fully saturated rings. The van der Waals surface area contributed by atoms with E-state index in [1.54, 1.807) is 6.92 Å². The predicted octanol–water partition coefficient (Wildman–Crippen LogP) is 5.25. The van der Waals surface area contributed by atoms with Gasteiger partial charge in [0.2, 0.25) is 5.91 Å². The van der Waals surface area contributed by atoms with Crippen molar-refractivity contribution in [2.24, 2.45) is 0 Å². The minimum absolute atomic E-state index is 0.0659. The molecule has 1 aromatic heterocycles. The molecule has 2 atom stereocenters. The van der Waals surface area contributed by atoms with Crippen LogP contribution in [0.2, 0.25) is 0 Å². The smallest absolute Gasteiger partial charge is 0.405 e. The van der Waals surface area contributed by atoms with Gasteiger partial charge in [-0.3, -0.25) is 4.79 Å². The van der Waals surface area contributed by atoms with Crippen molar-refractivity contribution in [3.05, 3.63) is 108 Å². The number of para-hydroxylation sites is 1. The topological polar surface area (TPSA) is 94.2 Å². The van der Waals surface area contributed by atoms with E-state index in [9.17, 15) is 14.7 Å². The molecule has 34 heavy (non-hydrogen) atoms. The Morgan fingerprint density at radius 2 is 1.47 bits per heavy atom. The van der Waals surface area contributed by atoms with Crippen LogP contribution in [0, 0.1) is 0 Å². The molecule has 0 bridgehead atoms. The zero-order valence-electron chi connectivity index (χ0n) is 19.3. The second-order valence-electron chi connectivity index (χ2n) is 8.73. The quantitative estimate of drug-likeness (QED) is 0.292. The Balaban J connectivity index is 1.62. The fourth-order valence-electron chi connectivity index (χ4n) is 4.52. The van der Waals surface area contributed by atoms with Gasteiger partial charge in [-0.1, -0.05) is 85.8 Å². The number of nitrogens with one attached hydrogen (secondary N) is 3. The number of aromatic nitrogens is 1. The molecule has 3 aromatic carbocycles. The molecule has 1 heterocycles. The fourth-order valence-corrected chi connectivity index (χ4v) is 4.52. The fraction of sp³-hybridized carbons (Fsp3) is 0.214. The van der Waals surface area contributed by atoms with Gasteiger partial charge in [0.05, 0.1) is 0 Å². The molecule has 0 spiro atoms. The number of H-pyrrole nitrogens is 1. The third-order valence-electron chi connectivity index (χ3n) is 6.66. The Kier molecular flexibility index (Phi) is 6.68. The molecular formula is C28H29N3O3. The van der Waals surface area contributed by atoms with Crippen LogP contribution in [0.4, 0.5) is 4.79 Å². The number of rotatable bonds is 8. The van der Waals surface area contributed by atoms with Crippen molar-refractivity contribution in [3.63, 3.8) is 0 Å². The summed E-state index contributed by atoms with van der Waals surface area (Å²) in [6, 6.07) is 27.7. The molecule has 0 aliphatic carbocycles. The van der Waals surface area contributed by atoms with Crippen LogP contribution in [0.5, 0.6) is 0 Å². The first kappa shape index (κ1) is 23.1. The van der Waals surface area contributed by atoms with Crippen LogP contribution in [0.3, 0.4) is 0 Å². The second-order valence-corrected chi connectivity index (χ2v) is 8.73. The number of benzene rings is 3. The van der Waals surface area contributed by atoms with Crippen molar-refractivity contribution >= 4 is 22.9 Å². The van der Waals surface area contributed by atoms with Gasteiger partial charge in [-0.15, -0.1) is 0 Å². The van der Waals surface area contributed by atoms with Gasteiger partial charge < -0.3 is 20.7 Å². The van der Waals surface area contributed by atoms with Gasteiger partial charge in [0.15, 0.2) is 0 Å². The number of aromatic amines is 1. The van der Waals surface area contributed by atoms with E-state index in [2.05, 4.69) is 15.6 Å². The van der Waals surface area contributed by atoms with Crippen LogP contribution in [0.25, 0.3) is 10.9 Å². The van der Waals surface area contributed by atoms with Gasteiger partial charge in [-0.2, -0.15) is 0 Å². The van der Waals surface area contributed by atoms with Gasteiger partial charge >= 0.3 is 6.09 Å². The molecule has 4 rings (SSSR count).